The van der Waals surface area contributed by atoms with Crippen molar-refractivity contribution in [3.63, 3.8) is 0 Å². The van der Waals surface area contributed by atoms with Crippen molar-refractivity contribution in [2.75, 3.05) is 18.5 Å². The lowest BCUT2D eigenvalue weighted by molar-refractivity contribution is -0.120. The molecular weight excluding hydrogens is 404 g/mol. The van der Waals surface area contributed by atoms with Gasteiger partial charge in [-0.05, 0) is 60.5 Å². The van der Waals surface area contributed by atoms with Crippen LogP contribution in [0.2, 0.25) is 0 Å². The van der Waals surface area contributed by atoms with E-state index < -0.39 is 5.91 Å². The fraction of sp³-hybridized carbons (Fsp3) is 0.154. The Kier molecular flexibility index (Phi) is 8.03. The maximum atomic E-state index is 12.8. The minimum absolute atomic E-state index is 0.171. The van der Waals surface area contributed by atoms with Gasteiger partial charge in [-0.15, -0.1) is 0 Å². The van der Waals surface area contributed by atoms with E-state index in [1.807, 2.05) is 61.5 Å². The first-order valence-electron chi connectivity index (χ1n) is 10.3. The van der Waals surface area contributed by atoms with E-state index in [-0.39, 0.29) is 11.6 Å². The number of carbonyl (C=O) groups excluding carboxylic acids is 2. The molecule has 0 saturated heterocycles. The van der Waals surface area contributed by atoms with Crippen LogP contribution in [-0.4, -0.2) is 25.0 Å². The van der Waals surface area contributed by atoms with Crippen LogP contribution >= 0.6 is 0 Å². The monoisotopic (exact) mass is 430 g/mol. The van der Waals surface area contributed by atoms with Gasteiger partial charge in [-0.3, -0.25) is 9.59 Å². The Morgan fingerprint density at radius 2 is 1.41 bits per heavy atom. The summed E-state index contributed by atoms with van der Waals surface area (Å²) in [5, 5.41) is 5.41. The van der Waals surface area contributed by atoms with Gasteiger partial charge < -0.3 is 20.1 Å². The van der Waals surface area contributed by atoms with Crippen molar-refractivity contribution >= 4 is 23.6 Å². The van der Waals surface area contributed by atoms with E-state index in [1.54, 1.807) is 30.3 Å². The first kappa shape index (κ1) is 22.6. The molecule has 3 aromatic rings. The Balaban J connectivity index is 1.57. The molecule has 2 N–H and O–H groups in total. The van der Waals surface area contributed by atoms with Gasteiger partial charge in [0.2, 0.25) is 5.91 Å². The number of hydrogen-bond donors (Lipinski definition) is 2. The molecule has 2 amide bonds. The highest BCUT2D eigenvalue weighted by Crippen LogP contribution is 2.17. The molecule has 6 heteroatoms. The molecule has 0 aliphatic heterocycles. The molecule has 6 nitrogen and oxygen atoms in total. The van der Waals surface area contributed by atoms with E-state index in [2.05, 4.69) is 10.6 Å². The second-order valence-corrected chi connectivity index (χ2v) is 7.08. The van der Waals surface area contributed by atoms with Gasteiger partial charge in [0, 0.05) is 12.6 Å². The number of benzene rings is 3. The largest absolute Gasteiger partial charge is 0.490 e. The number of rotatable bonds is 9. The zero-order chi connectivity index (χ0) is 22.8. The predicted octanol–water partition coefficient (Wildman–Crippen LogP) is 4.57. The number of para-hydroxylation sites is 1. The number of carbonyl (C=O) groups is 2. The van der Waals surface area contributed by atoms with Crippen LogP contribution in [0, 0.1) is 6.92 Å². The van der Waals surface area contributed by atoms with Crippen LogP contribution in [0.5, 0.6) is 11.5 Å². The van der Waals surface area contributed by atoms with Crippen molar-refractivity contribution in [3.05, 3.63) is 95.7 Å². The van der Waals surface area contributed by atoms with Gasteiger partial charge in [-0.1, -0.05) is 42.5 Å². The average molecular weight is 431 g/mol. The van der Waals surface area contributed by atoms with E-state index >= 15 is 0 Å². The Labute approximate surface area is 187 Å². The van der Waals surface area contributed by atoms with E-state index in [4.69, 9.17) is 9.47 Å². The Morgan fingerprint density at radius 3 is 2.03 bits per heavy atom. The number of aryl methyl sites for hydroxylation is 1. The summed E-state index contributed by atoms with van der Waals surface area (Å²) >= 11 is 0. The number of anilines is 1. The molecule has 0 aliphatic rings. The molecule has 3 aromatic carbocycles. The van der Waals surface area contributed by atoms with Crippen LogP contribution < -0.4 is 20.1 Å². The molecule has 32 heavy (non-hydrogen) atoms. The molecule has 0 heterocycles. The van der Waals surface area contributed by atoms with Gasteiger partial charge in [-0.2, -0.15) is 0 Å². The summed E-state index contributed by atoms with van der Waals surface area (Å²) in [6.07, 6.45) is 1.66. The lowest BCUT2D eigenvalue weighted by Crippen LogP contribution is -2.29. The first-order chi connectivity index (χ1) is 15.5. The predicted molar refractivity (Wildman–Crippen MR) is 125 cm³/mol. The summed E-state index contributed by atoms with van der Waals surface area (Å²) in [6, 6.07) is 24.2. The van der Waals surface area contributed by atoms with Crippen LogP contribution in [0.3, 0.4) is 0 Å². The van der Waals surface area contributed by atoms with Crippen LogP contribution in [0.15, 0.2) is 84.6 Å². The van der Waals surface area contributed by atoms with Crippen molar-refractivity contribution in [1.82, 2.24) is 5.32 Å². The fourth-order valence-electron chi connectivity index (χ4n) is 2.92. The molecular formula is C26H26N2O4. The molecule has 0 spiro atoms. The number of ether oxygens (including phenoxy) is 2. The topological polar surface area (TPSA) is 76.7 Å². The van der Waals surface area contributed by atoms with Gasteiger partial charge in [-0.25, -0.2) is 0 Å². The summed E-state index contributed by atoms with van der Waals surface area (Å²) < 4.78 is 11.3. The molecule has 3 rings (SSSR count). The Morgan fingerprint density at radius 1 is 0.812 bits per heavy atom. The van der Waals surface area contributed by atoms with Gasteiger partial charge in [0.05, 0.1) is 0 Å². The average Bonchev–Trinajstić information content (AvgIpc) is 2.79. The van der Waals surface area contributed by atoms with E-state index in [0.29, 0.717) is 24.7 Å². The molecule has 0 radical (unpaired) electrons. The van der Waals surface area contributed by atoms with Crippen molar-refractivity contribution < 1.29 is 19.1 Å². The third-order valence-electron chi connectivity index (χ3n) is 4.52. The zero-order valence-electron chi connectivity index (χ0n) is 18.1. The standard InChI is InChI=1S/C26H26N2O4/c1-19-8-6-7-9-21(19)18-25(27-20(2)29)26(30)28-22-12-14-24(15-13-22)32-17-16-31-23-10-4-3-5-11-23/h3-15,18H,16-17H2,1-2H3,(H,27,29)(H,28,30)/b25-18+. The first-order valence-corrected chi connectivity index (χ1v) is 10.3. The maximum absolute atomic E-state index is 12.8. The molecule has 0 bridgehead atoms. The lowest BCUT2D eigenvalue weighted by Gasteiger charge is -2.12. The lowest BCUT2D eigenvalue weighted by atomic mass is 10.1. The highest BCUT2D eigenvalue weighted by Gasteiger charge is 2.12. The summed E-state index contributed by atoms with van der Waals surface area (Å²) in [7, 11) is 0. The molecule has 0 atom stereocenters. The maximum Gasteiger partial charge on any atom is 0.272 e. The number of nitrogens with one attached hydrogen (secondary N) is 2. The summed E-state index contributed by atoms with van der Waals surface area (Å²) in [6.45, 7) is 4.13. The van der Waals surface area contributed by atoms with Crippen LogP contribution in [0.25, 0.3) is 6.08 Å². The van der Waals surface area contributed by atoms with E-state index in [1.165, 1.54) is 6.92 Å². The minimum Gasteiger partial charge on any atom is -0.490 e. The second-order valence-electron chi connectivity index (χ2n) is 7.08. The second kappa shape index (κ2) is 11.4. The van der Waals surface area contributed by atoms with Crippen molar-refractivity contribution in [2.24, 2.45) is 0 Å². The fourth-order valence-corrected chi connectivity index (χ4v) is 2.92. The summed E-state index contributed by atoms with van der Waals surface area (Å²) in [5.74, 6) is 0.731. The van der Waals surface area contributed by atoms with Crippen LogP contribution in [0.1, 0.15) is 18.1 Å². The smallest absolute Gasteiger partial charge is 0.272 e. The van der Waals surface area contributed by atoms with Crippen LogP contribution in [-0.2, 0) is 9.59 Å². The minimum atomic E-state index is -0.409. The molecule has 0 fully saturated rings. The molecule has 0 saturated carbocycles. The van der Waals surface area contributed by atoms with Crippen LogP contribution in [0.4, 0.5) is 5.69 Å². The zero-order valence-corrected chi connectivity index (χ0v) is 18.1. The normalized spacial score (nSPS) is 10.9. The van der Waals surface area contributed by atoms with Crippen molar-refractivity contribution in [2.45, 2.75) is 13.8 Å². The van der Waals surface area contributed by atoms with Gasteiger partial charge >= 0.3 is 0 Å². The van der Waals surface area contributed by atoms with Gasteiger partial charge in [0.15, 0.2) is 0 Å². The molecule has 164 valence electrons. The van der Waals surface area contributed by atoms with Gasteiger partial charge in [0.1, 0.15) is 30.4 Å². The molecule has 0 aromatic heterocycles. The summed E-state index contributed by atoms with van der Waals surface area (Å²) in [5.41, 5.74) is 2.61. The van der Waals surface area contributed by atoms with Crippen molar-refractivity contribution in [3.8, 4) is 11.5 Å². The third-order valence-corrected chi connectivity index (χ3v) is 4.52. The van der Waals surface area contributed by atoms with E-state index in [9.17, 15) is 9.59 Å². The highest BCUT2D eigenvalue weighted by molar-refractivity contribution is 6.08. The summed E-state index contributed by atoms with van der Waals surface area (Å²) in [4.78, 5) is 24.3. The quantitative estimate of drug-likeness (QED) is 0.385. The SMILES string of the molecule is CC(=O)N/C(=C/c1ccccc1C)C(=O)Nc1ccc(OCCOc2ccccc2)cc1. The van der Waals surface area contributed by atoms with E-state index in [0.717, 1.165) is 16.9 Å². The molecule has 0 unspecified atom stereocenters. The van der Waals surface area contributed by atoms with Gasteiger partial charge in [0.25, 0.3) is 5.91 Å². The molecule has 0 aliphatic carbocycles. The Hall–Kier alpha value is -4.06. The number of hydrogen-bond acceptors (Lipinski definition) is 4. The highest BCUT2D eigenvalue weighted by atomic mass is 16.5. The van der Waals surface area contributed by atoms with Crippen molar-refractivity contribution in [1.29, 1.82) is 0 Å². The Bertz CT molecular complexity index is 1080. The number of amides is 2. The third kappa shape index (κ3) is 7.02.